The summed E-state index contributed by atoms with van der Waals surface area (Å²) in [5.74, 6) is -0.972. The van der Waals surface area contributed by atoms with E-state index in [2.05, 4.69) is 26.1 Å². The van der Waals surface area contributed by atoms with Crippen LogP contribution in [0.1, 0.15) is 127 Å². The first-order valence-electron chi connectivity index (χ1n) is 23.0. The summed E-state index contributed by atoms with van der Waals surface area (Å²) in [6.07, 6.45) is 1.70. The van der Waals surface area contributed by atoms with Gasteiger partial charge >= 0.3 is 24.0 Å². The molecule has 3 aromatic carbocycles. The molecule has 3 aromatic rings. The molecule has 3 N–H and O–H groups in total. The number of ether oxygens (including phenoxy) is 4. The Labute approximate surface area is 372 Å². The molecule has 0 saturated heterocycles. The van der Waals surface area contributed by atoms with Gasteiger partial charge in [-0.05, 0) is 136 Å². The van der Waals surface area contributed by atoms with Crippen LogP contribution in [0.25, 0.3) is 0 Å². The average Bonchev–Trinajstić information content (AvgIpc) is 3.63. The third kappa shape index (κ3) is 10.1. The Balaban J connectivity index is 1.07. The number of esters is 3. The lowest BCUT2D eigenvalue weighted by atomic mass is 9.43. The summed E-state index contributed by atoms with van der Waals surface area (Å²) in [5.41, 5.74) is 0.490. The summed E-state index contributed by atoms with van der Waals surface area (Å²) < 4.78 is 23.8. The number of fused-ring (bicyclic) bond motifs is 5. The smallest absolute Gasteiger partial charge is 0.408 e. The van der Waals surface area contributed by atoms with Gasteiger partial charge in [0.15, 0.2) is 6.10 Å². The number of alkyl carbamates (subject to hydrolysis) is 1. The van der Waals surface area contributed by atoms with Gasteiger partial charge in [0.2, 0.25) is 0 Å². The predicted molar refractivity (Wildman–Crippen MR) is 237 cm³/mol. The van der Waals surface area contributed by atoms with Gasteiger partial charge in [0.25, 0.3) is 0 Å². The lowest BCUT2D eigenvalue weighted by Gasteiger charge is -2.64. The number of amides is 1. The first kappa shape index (κ1) is 46.3. The van der Waals surface area contributed by atoms with Crippen LogP contribution in [0.15, 0.2) is 91.0 Å². The van der Waals surface area contributed by atoms with E-state index in [0.29, 0.717) is 49.7 Å². The van der Waals surface area contributed by atoms with Crippen molar-refractivity contribution in [2.75, 3.05) is 0 Å². The topological polar surface area (TPSA) is 158 Å². The summed E-state index contributed by atoms with van der Waals surface area (Å²) in [4.78, 5) is 53.5. The molecule has 0 unspecified atom stereocenters. The minimum Gasteiger partial charge on any atom is -0.461 e. The Bertz CT molecular complexity index is 2040. The number of hydrogen-bond donors (Lipinski definition) is 3. The first-order chi connectivity index (χ1) is 30.0. The fraction of sp³-hybridized carbons (Fsp3) is 0.577. The molecular weight excluding hydrogens is 799 g/mol. The number of nitrogens with one attached hydrogen (secondary N) is 1. The molecule has 0 bridgehead atoms. The lowest BCUT2D eigenvalue weighted by Crippen LogP contribution is -2.63. The third-order valence-electron chi connectivity index (χ3n) is 15.5. The highest BCUT2D eigenvalue weighted by atomic mass is 16.6. The molecule has 11 heteroatoms. The lowest BCUT2D eigenvalue weighted by molar-refractivity contribution is -0.210. The van der Waals surface area contributed by atoms with Crippen molar-refractivity contribution in [1.29, 1.82) is 0 Å². The van der Waals surface area contributed by atoms with Crippen molar-refractivity contribution in [3.63, 3.8) is 0 Å². The highest BCUT2D eigenvalue weighted by molar-refractivity contribution is 5.89. The molecule has 4 fully saturated rings. The maximum atomic E-state index is 13.9. The molecule has 0 spiro atoms. The fourth-order valence-electron chi connectivity index (χ4n) is 12.3. The van der Waals surface area contributed by atoms with Crippen molar-refractivity contribution in [1.82, 2.24) is 5.32 Å². The van der Waals surface area contributed by atoms with Crippen molar-refractivity contribution in [3.05, 3.63) is 108 Å². The molecule has 340 valence electrons. The van der Waals surface area contributed by atoms with Crippen molar-refractivity contribution < 1.29 is 48.3 Å². The Morgan fingerprint density at radius 3 is 2.14 bits per heavy atom. The van der Waals surface area contributed by atoms with E-state index in [4.69, 9.17) is 18.9 Å². The molecule has 7 rings (SSSR count). The van der Waals surface area contributed by atoms with Gasteiger partial charge in [0.05, 0.1) is 17.7 Å². The van der Waals surface area contributed by atoms with Crippen LogP contribution in [0, 0.1) is 46.3 Å². The summed E-state index contributed by atoms with van der Waals surface area (Å²) in [6.45, 7) is 12.2. The number of aliphatic hydroxyl groups excluding tert-OH is 2. The van der Waals surface area contributed by atoms with Gasteiger partial charge in [-0.2, -0.15) is 0 Å². The van der Waals surface area contributed by atoms with Gasteiger partial charge in [-0.25, -0.2) is 14.4 Å². The standard InChI is InChI=1S/C52H67NO10/c1-32(22-25-43(55)60-31-33-16-10-7-11-17-33)38-23-24-39-44-40(30-42(54)52(38,39)6)51(5)27-26-37(28-36(51)29-41(44)62-47(57)35-20-14-9-15-21-35)61-48(58)46(56)45(34-18-12-8-13-19-34)53-49(59)63-50(2,3)4/h7-21,32,36-42,44-46,54,56H,22-31H2,1-6H3,(H,53,59)/t32-,36+,37-,38-,39+,40+,41-,42+,44+,45+,46-,51+,52-/m1/s1. The fourth-order valence-corrected chi connectivity index (χ4v) is 12.3. The molecule has 13 atom stereocenters. The van der Waals surface area contributed by atoms with Crippen LogP contribution < -0.4 is 5.32 Å². The molecule has 1 amide bonds. The number of rotatable bonds is 13. The van der Waals surface area contributed by atoms with E-state index < -0.39 is 53.5 Å². The van der Waals surface area contributed by atoms with Crippen molar-refractivity contribution >= 4 is 24.0 Å². The van der Waals surface area contributed by atoms with Crippen LogP contribution in [0.3, 0.4) is 0 Å². The van der Waals surface area contributed by atoms with Gasteiger partial charge in [-0.3, -0.25) is 4.79 Å². The molecule has 0 aromatic heterocycles. The number of carbonyl (C=O) groups is 4. The largest absolute Gasteiger partial charge is 0.461 e. The minimum absolute atomic E-state index is 0.00426. The Kier molecular flexibility index (Phi) is 14.1. The van der Waals surface area contributed by atoms with Crippen LogP contribution in [0.4, 0.5) is 4.79 Å². The van der Waals surface area contributed by atoms with Crippen LogP contribution in [0.2, 0.25) is 0 Å². The normalized spacial score (nSPS) is 31.4. The summed E-state index contributed by atoms with van der Waals surface area (Å²) in [6, 6.07) is 26.4. The van der Waals surface area contributed by atoms with Crippen molar-refractivity contribution in [2.24, 2.45) is 46.3 Å². The molecule has 0 aliphatic heterocycles. The van der Waals surface area contributed by atoms with E-state index in [-0.39, 0.29) is 59.5 Å². The Morgan fingerprint density at radius 1 is 0.825 bits per heavy atom. The van der Waals surface area contributed by atoms with Gasteiger partial charge in [-0.1, -0.05) is 99.6 Å². The first-order valence-corrected chi connectivity index (χ1v) is 23.0. The van der Waals surface area contributed by atoms with Crippen LogP contribution >= 0.6 is 0 Å². The second kappa shape index (κ2) is 19.2. The zero-order valence-corrected chi connectivity index (χ0v) is 37.7. The monoisotopic (exact) mass is 865 g/mol. The van der Waals surface area contributed by atoms with E-state index in [0.717, 1.165) is 24.8 Å². The average molecular weight is 866 g/mol. The summed E-state index contributed by atoms with van der Waals surface area (Å²) in [7, 11) is 0. The molecule has 0 heterocycles. The van der Waals surface area contributed by atoms with E-state index in [9.17, 15) is 29.4 Å². The number of hydrogen-bond acceptors (Lipinski definition) is 10. The maximum absolute atomic E-state index is 13.9. The zero-order valence-electron chi connectivity index (χ0n) is 37.7. The molecular formula is C52H67NO10. The predicted octanol–water partition coefficient (Wildman–Crippen LogP) is 9.15. The molecule has 0 radical (unpaired) electrons. The van der Waals surface area contributed by atoms with Crippen LogP contribution in [0.5, 0.6) is 0 Å². The number of benzene rings is 3. The molecule has 4 aliphatic rings. The minimum atomic E-state index is -1.70. The van der Waals surface area contributed by atoms with E-state index in [1.165, 1.54) is 0 Å². The molecule has 11 nitrogen and oxygen atoms in total. The van der Waals surface area contributed by atoms with E-state index in [1.54, 1.807) is 57.2 Å². The van der Waals surface area contributed by atoms with Crippen LogP contribution in [-0.4, -0.2) is 64.2 Å². The van der Waals surface area contributed by atoms with E-state index >= 15 is 0 Å². The number of aliphatic hydroxyl groups is 2. The SMILES string of the molecule is C[C@H](CCC(=O)OCc1ccccc1)[C@H]1CC[C@H]2[C@@H]3[C@H](OC(=O)c4ccccc4)C[C@@H]4C[C@H](OC(=O)[C@H](O)[C@@H](NC(=O)OC(C)(C)C)c5ccccc5)CC[C@]4(C)[C@H]3C[C@H](O)[C@]12C. The Morgan fingerprint density at radius 2 is 1.48 bits per heavy atom. The van der Waals surface area contributed by atoms with Gasteiger partial charge in [-0.15, -0.1) is 0 Å². The summed E-state index contributed by atoms with van der Waals surface area (Å²) in [5, 5.41) is 26.6. The van der Waals surface area contributed by atoms with Gasteiger partial charge in [0, 0.05) is 12.3 Å². The summed E-state index contributed by atoms with van der Waals surface area (Å²) >= 11 is 0. The van der Waals surface area contributed by atoms with Crippen molar-refractivity contribution in [2.45, 2.75) is 142 Å². The second-order valence-corrected chi connectivity index (χ2v) is 20.3. The van der Waals surface area contributed by atoms with Gasteiger partial charge in [0.1, 0.15) is 24.4 Å². The van der Waals surface area contributed by atoms with Gasteiger partial charge < -0.3 is 34.5 Å². The van der Waals surface area contributed by atoms with E-state index in [1.807, 2.05) is 54.6 Å². The number of carbonyl (C=O) groups excluding carboxylic acids is 4. The Hall–Kier alpha value is -4.74. The quantitative estimate of drug-likeness (QED) is 0.112. The highest BCUT2D eigenvalue weighted by Crippen LogP contribution is 2.69. The third-order valence-corrected chi connectivity index (χ3v) is 15.5. The van der Waals surface area contributed by atoms with Crippen molar-refractivity contribution in [3.8, 4) is 0 Å². The maximum Gasteiger partial charge on any atom is 0.408 e. The zero-order chi connectivity index (χ0) is 45.1. The molecule has 4 aliphatic carbocycles. The second-order valence-electron chi connectivity index (χ2n) is 20.3. The highest BCUT2D eigenvalue weighted by Gasteiger charge is 2.66. The van der Waals surface area contributed by atoms with Crippen LogP contribution in [-0.2, 0) is 35.1 Å². The molecule has 63 heavy (non-hydrogen) atoms. The molecule has 4 saturated carbocycles.